The Hall–Kier alpha value is -2.75. The van der Waals surface area contributed by atoms with E-state index in [1.54, 1.807) is 18.5 Å². The molecular weight excluding hydrogens is 435 g/mol. The molecule has 0 saturated carbocycles. The fourth-order valence-corrected chi connectivity index (χ4v) is 4.26. The molecular formula is C31H41FN2O. The molecule has 1 heterocycles. The molecule has 35 heavy (non-hydrogen) atoms. The van der Waals surface area contributed by atoms with Gasteiger partial charge in [0, 0.05) is 17.2 Å². The minimum absolute atomic E-state index is 0.337. The van der Waals surface area contributed by atoms with Crippen LogP contribution in [0.1, 0.15) is 90.0 Å². The Kier molecular flexibility index (Phi) is 11.7. The number of rotatable bonds is 16. The van der Waals surface area contributed by atoms with Gasteiger partial charge < -0.3 is 4.74 Å². The fourth-order valence-electron chi connectivity index (χ4n) is 4.26. The lowest BCUT2D eigenvalue weighted by Crippen LogP contribution is -1.98. The van der Waals surface area contributed by atoms with Gasteiger partial charge in [0.1, 0.15) is 11.6 Å². The molecule has 0 radical (unpaired) electrons. The second kappa shape index (κ2) is 15.3. The number of benzene rings is 2. The van der Waals surface area contributed by atoms with E-state index in [1.807, 2.05) is 6.07 Å². The van der Waals surface area contributed by atoms with Crippen LogP contribution in [0.2, 0.25) is 0 Å². The zero-order chi connectivity index (χ0) is 24.7. The van der Waals surface area contributed by atoms with Crippen LogP contribution in [0.25, 0.3) is 22.5 Å². The molecule has 3 nitrogen and oxygen atoms in total. The first-order valence-electron chi connectivity index (χ1n) is 13.5. The van der Waals surface area contributed by atoms with Crippen molar-refractivity contribution in [3.05, 3.63) is 66.2 Å². The Bertz CT molecular complexity index is 986. The molecule has 3 aromatic rings. The van der Waals surface area contributed by atoms with Crippen molar-refractivity contribution in [2.45, 2.75) is 90.9 Å². The average molecular weight is 477 g/mol. The molecule has 0 bridgehead atoms. The van der Waals surface area contributed by atoms with Crippen LogP contribution in [-0.4, -0.2) is 16.6 Å². The summed E-state index contributed by atoms with van der Waals surface area (Å²) in [6, 6.07) is 13.5. The van der Waals surface area contributed by atoms with Gasteiger partial charge in [0.15, 0.2) is 0 Å². The van der Waals surface area contributed by atoms with E-state index in [1.165, 1.54) is 69.4 Å². The lowest BCUT2D eigenvalue weighted by Gasteiger charge is -2.09. The van der Waals surface area contributed by atoms with Crippen LogP contribution in [0.15, 0.2) is 54.9 Å². The summed E-state index contributed by atoms with van der Waals surface area (Å²) in [5.41, 5.74) is 4.14. The highest BCUT2D eigenvalue weighted by molar-refractivity contribution is 5.64. The van der Waals surface area contributed by atoms with Gasteiger partial charge in [-0.25, -0.2) is 4.39 Å². The highest BCUT2D eigenvalue weighted by atomic mass is 19.1. The van der Waals surface area contributed by atoms with E-state index in [0.717, 1.165) is 30.5 Å². The van der Waals surface area contributed by atoms with Crippen molar-refractivity contribution in [1.82, 2.24) is 9.97 Å². The van der Waals surface area contributed by atoms with E-state index >= 15 is 0 Å². The molecule has 3 rings (SSSR count). The molecule has 2 aromatic carbocycles. The van der Waals surface area contributed by atoms with Crippen LogP contribution in [-0.2, 0) is 6.42 Å². The summed E-state index contributed by atoms with van der Waals surface area (Å²) in [6.45, 7) is 5.08. The van der Waals surface area contributed by atoms with Crippen LogP contribution in [0, 0.1) is 5.82 Å². The van der Waals surface area contributed by atoms with Crippen molar-refractivity contribution in [3.8, 4) is 28.3 Å². The van der Waals surface area contributed by atoms with E-state index in [9.17, 15) is 4.39 Å². The third-order valence-electron chi connectivity index (χ3n) is 6.45. The summed E-state index contributed by atoms with van der Waals surface area (Å²) in [7, 11) is 0. The highest BCUT2D eigenvalue weighted by Gasteiger charge is 2.10. The smallest absolute Gasteiger partial charge is 0.136 e. The fraction of sp³-hybridized carbons (Fsp3) is 0.484. The summed E-state index contributed by atoms with van der Waals surface area (Å²) in [4.78, 5) is 9.03. The molecule has 0 amide bonds. The molecule has 0 saturated heterocycles. The summed E-state index contributed by atoms with van der Waals surface area (Å²) in [6.07, 6.45) is 18.2. The maximum Gasteiger partial charge on any atom is 0.136 e. The van der Waals surface area contributed by atoms with Gasteiger partial charge in [-0.3, -0.25) is 9.97 Å². The zero-order valence-electron chi connectivity index (χ0n) is 21.6. The standard InChI is InChI=1S/C31H41FN2O/c1-3-5-7-9-11-13-21-35-27-19-20-28(29(32)22-27)31-24-33-30(23-34-31)26-17-15-25(16-18-26)14-12-10-8-6-4-2/h15-20,22-24H,3-14,21H2,1-2H3. The van der Waals surface area contributed by atoms with Gasteiger partial charge in [-0.2, -0.15) is 0 Å². The summed E-state index contributed by atoms with van der Waals surface area (Å²) in [5.74, 6) is 0.227. The molecule has 0 aliphatic carbocycles. The van der Waals surface area contributed by atoms with Crippen molar-refractivity contribution < 1.29 is 9.13 Å². The molecule has 4 heteroatoms. The molecule has 1 aromatic heterocycles. The number of unbranched alkanes of at least 4 members (excludes halogenated alkanes) is 9. The summed E-state index contributed by atoms with van der Waals surface area (Å²) >= 11 is 0. The minimum Gasteiger partial charge on any atom is -0.493 e. The van der Waals surface area contributed by atoms with Gasteiger partial charge >= 0.3 is 0 Å². The van der Waals surface area contributed by atoms with Crippen LogP contribution in [0.4, 0.5) is 4.39 Å². The Morgan fingerprint density at radius 2 is 1.31 bits per heavy atom. The van der Waals surface area contributed by atoms with Crippen molar-refractivity contribution >= 4 is 0 Å². The molecule has 188 valence electrons. The molecule has 0 N–H and O–H groups in total. The number of hydrogen-bond donors (Lipinski definition) is 0. The van der Waals surface area contributed by atoms with Gasteiger partial charge in [0.25, 0.3) is 0 Å². The van der Waals surface area contributed by atoms with Gasteiger partial charge in [-0.1, -0.05) is 95.9 Å². The van der Waals surface area contributed by atoms with Gasteiger partial charge in [-0.05, 0) is 37.0 Å². The summed E-state index contributed by atoms with van der Waals surface area (Å²) < 4.78 is 20.5. The topological polar surface area (TPSA) is 35.0 Å². The average Bonchev–Trinajstić information content (AvgIpc) is 2.89. The Morgan fingerprint density at radius 1 is 0.686 bits per heavy atom. The maximum absolute atomic E-state index is 14.7. The number of ether oxygens (including phenoxy) is 1. The Morgan fingerprint density at radius 3 is 1.97 bits per heavy atom. The largest absolute Gasteiger partial charge is 0.493 e. The van der Waals surface area contributed by atoms with Crippen LogP contribution < -0.4 is 4.74 Å². The van der Waals surface area contributed by atoms with Crippen molar-refractivity contribution in [3.63, 3.8) is 0 Å². The molecule has 0 fully saturated rings. The van der Waals surface area contributed by atoms with Crippen LogP contribution in [0.3, 0.4) is 0 Å². The number of aryl methyl sites for hydroxylation is 1. The van der Waals surface area contributed by atoms with Crippen LogP contribution >= 0.6 is 0 Å². The third-order valence-corrected chi connectivity index (χ3v) is 6.45. The number of nitrogens with zero attached hydrogens (tertiary/aromatic N) is 2. The maximum atomic E-state index is 14.7. The van der Waals surface area contributed by atoms with Gasteiger partial charge in [-0.15, -0.1) is 0 Å². The lowest BCUT2D eigenvalue weighted by molar-refractivity contribution is 0.303. The number of hydrogen-bond acceptors (Lipinski definition) is 3. The Balaban J connectivity index is 1.51. The number of aromatic nitrogens is 2. The first-order chi connectivity index (χ1) is 17.2. The monoisotopic (exact) mass is 476 g/mol. The molecule has 0 aliphatic heterocycles. The van der Waals surface area contributed by atoms with E-state index in [-0.39, 0.29) is 5.82 Å². The lowest BCUT2D eigenvalue weighted by atomic mass is 10.0. The quantitative estimate of drug-likeness (QED) is 0.193. The molecule has 0 unspecified atom stereocenters. The van der Waals surface area contributed by atoms with E-state index < -0.39 is 0 Å². The predicted octanol–water partition coefficient (Wildman–Crippen LogP) is 9.20. The van der Waals surface area contributed by atoms with Gasteiger partial charge in [0.05, 0.1) is 30.4 Å². The first-order valence-corrected chi connectivity index (χ1v) is 13.5. The first kappa shape index (κ1) is 26.8. The van der Waals surface area contributed by atoms with Crippen LogP contribution in [0.5, 0.6) is 5.75 Å². The number of halogens is 1. The van der Waals surface area contributed by atoms with E-state index in [2.05, 4.69) is 48.1 Å². The van der Waals surface area contributed by atoms with E-state index in [0.29, 0.717) is 23.6 Å². The normalized spacial score (nSPS) is 11.1. The van der Waals surface area contributed by atoms with Gasteiger partial charge in [0.2, 0.25) is 0 Å². The van der Waals surface area contributed by atoms with E-state index in [4.69, 9.17) is 4.74 Å². The van der Waals surface area contributed by atoms with Crippen molar-refractivity contribution in [1.29, 1.82) is 0 Å². The van der Waals surface area contributed by atoms with Crippen molar-refractivity contribution in [2.24, 2.45) is 0 Å². The predicted molar refractivity (Wildman–Crippen MR) is 144 cm³/mol. The molecule has 0 aliphatic rings. The molecule has 0 atom stereocenters. The minimum atomic E-state index is -0.337. The zero-order valence-corrected chi connectivity index (χ0v) is 21.6. The Labute approximate surface area is 211 Å². The summed E-state index contributed by atoms with van der Waals surface area (Å²) in [5, 5.41) is 0. The SMILES string of the molecule is CCCCCCCCOc1ccc(-c2cnc(-c3ccc(CCCCCCC)cc3)cn2)c(F)c1. The third kappa shape index (κ3) is 9.08. The van der Waals surface area contributed by atoms with Crippen molar-refractivity contribution in [2.75, 3.05) is 6.61 Å². The highest BCUT2D eigenvalue weighted by Crippen LogP contribution is 2.26. The second-order valence-corrected chi connectivity index (χ2v) is 9.41. The second-order valence-electron chi connectivity index (χ2n) is 9.41. The molecule has 0 spiro atoms.